The molecule has 0 saturated carbocycles. The number of rotatable bonds is 6. The standard InChI is InChI=1S/C23H18N4O3S/c24-14-17-11-12-31-20(17)25-19(28)15-27-21(29)23(26-22(27)30,18-9-5-2-6-10-18)13-16-7-3-1-4-8-16/h1-12H,13,15H2,(H,25,28)(H,26,30)/t23-/m1/s1. The van der Waals surface area contributed by atoms with Crippen molar-refractivity contribution >= 4 is 34.2 Å². The predicted molar refractivity (Wildman–Crippen MR) is 116 cm³/mol. The molecule has 0 aliphatic carbocycles. The van der Waals surface area contributed by atoms with E-state index < -0.39 is 29.9 Å². The van der Waals surface area contributed by atoms with Crippen LogP contribution in [-0.2, 0) is 21.5 Å². The molecule has 3 aromatic rings. The minimum atomic E-state index is -1.30. The largest absolute Gasteiger partial charge is 0.325 e. The molecule has 31 heavy (non-hydrogen) atoms. The van der Waals surface area contributed by atoms with Crippen molar-refractivity contribution in [3.8, 4) is 6.07 Å². The molecule has 154 valence electrons. The van der Waals surface area contributed by atoms with Crippen molar-refractivity contribution in [2.24, 2.45) is 0 Å². The Morgan fingerprint density at radius 1 is 1.06 bits per heavy atom. The van der Waals surface area contributed by atoms with Crippen molar-refractivity contribution in [1.29, 1.82) is 5.26 Å². The Morgan fingerprint density at radius 2 is 1.74 bits per heavy atom. The second kappa shape index (κ2) is 8.42. The number of carbonyl (C=O) groups is 3. The summed E-state index contributed by atoms with van der Waals surface area (Å²) in [5.41, 5.74) is 0.549. The van der Waals surface area contributed by atoms with E-state index in [0.717, 1.165) is 10.5 Å². The van der Waals surface area contributed by atoms with Crippen molar-refractivity contribution in [3.63, 3.8) is 0 Å². The van der Waals surface area contributed by atoms with E-state index >= 15 is 0 Å². The van der Waals surface area contributed by atoms with E-state index in [1.807, 2.05) is 42.5 Å². The normalized spacial score (nSPS) is 17.8. The zero-order valence-electron chi connectivity index (χ0n) is 16.4. The average Bonchev–Trinajstić information content (AvgIpc) is 3.33. The van der Waals surface area contributed by atoms with Gasteiger partial charge in [-0.05, 0) is 22.6 Å². The molecule has 1 fully saturated rings. The number of carbonyl (C=O) groups excluding carboxylic acids is 3. The average molecular weight is 430 g/mol. The summed E-state index contributed by atoms with van der Waals surface area (Å²) in [5.74, 6) is -1.04. The molecule has 1 aromatic heterocycles. The molecule has 4 rings (SSSR count). The number of nitriles is 1. The zero-order valence-corrected chi connectivity index (χ0v) is 17.2. The molecule has 0 spiro atoms. The van der Waals surface area contributed by atoms with Gasteiger partial charge in [-0.25, -0.2) is 4.79 Å². The highest BCUT2D eigenvalue weighted by Crippen LogP contribution is 2.33. The van der Waals surface area contributed by atoms with Crippen molar-refractivity contribution in [3.05, 3.63) is 88.8 Å². The second-order valence-electron chi connectivity index (χ2n) is 7.08. The maximum absolute atomic E-state index is 13.5. The molecule has 0 unspecified atom stereocenters. The van der Waals surface area contributed by atoms with Gasteiger partial charge in [-0.15, -0.1) is 11.3 Å². The lowest BCUT2D eigenvalue weighted by molar-refractivity contribution is -0.134. The summed E-state index contributed by atoms with van der Waals surface area (Å²) in [4.78, 5) is 39.8. The number of urea groups is 1. The molecule has 0 bridgehead atoms. The molecule has 8 heteroatoms. The molecule has 1 aliphatic rings. The molecule has 2 aromatic carbocycles. The molecule has 2 heterocycles. The third-order valence-corrected chi connectivity index (χ3v) is 5.92. The number of benzene rings is 2. The first-order valence-electron chi connectivity index (χ1n) is 9.54. The van der Waals surface area contributed by atoms with Crippen LogP contribution in [0.3, 0.4) is 0 Å². The molecular weight excluding hydrogens is 412 g/mol. The Hall–Kier alpha value is -3.96. The maximum atomic E-state index is 13.5. The van der Waals surface area contributed by atoms with Crippen LogP contribution >= 0.6 is 11.3 Å². The fraction of sp³-hybridized carbons (Fsp3) is 0.130. The van der Waals surface area contributed by atoms with Crippen molar-refractivity contribution < 1.29 is 14.4 Å². The van der Waals surface area contributed by atoms with Gasteiger partial charge in [0.2, 0.25) is 5.91 Å². The summed E-state index contributed by atoms with van der Waals surface area (Å²) in [6.45, 7) is -0.448. The van der Waals surface area contributed by atoms with Crippen LogP contribution < -0.4 is 10.6 Å². The summed E-state index contributed by atoms with van der Waals surface area (Å²) in [6, 6.07) is 21.4. The summed E-state index contributed by atoms with van der Waals surface area (Å²) < 4.78 is 0. The quantitative estimate of drug-likeness (QED) is 0.586. The molecule has 1 aliphatic heterocycles. The van der Waals surface area contributed by atoms with Crippen LogP contribution in [0.15, 0.2) is 72.1 Å². The van der Waals surface area contributed by atoms with Gasteiger partial charge in [0.25, 0.3) is 5.91 Å². The fourth-order valence-electron chi connectivity index (χ4n) is 3.62. The summed E-state index contributed by atoms with van der Waals surface area (Å²) in [5, 5.41) is 16.6. The molecule has 0 radical (unpaired) electrons. The van der Waals surface area contributed by atoms with E-state index in [1.165, 1.54) is 11.3 Å². The number of nitrogens with zero attached hydrogens (tertiary/aromatic N) is 2. The van der Waals surface area contributed by atoms with Crippen LogP contribution in [0.5, 0.6) is 0 Å². The maximum Gasteiger partial charge on any atom is 0.325 e. The number of hydrogen-bond donors (Lipinski definition) is 2. The lowest BCUT2D eigenvalue weighted by Gasteiger charge is -2.27. The highest BCUT2D eigenvalue weighted by atomic mass is 32.1. The van der Waals surface area contributed by atoms with Gasteiger partial charge in [-0.1, -0.05) is 60.7 Å². The van der Waals surface area contributed by atoms with Crippen molar-refractivity contribution in [1.82, 2.24) is 10.2 Å². The minimum absolute atomic E-state index is 0.254. The van der Waals surface area contributed by atoms with E-state index in [1.54, 1.807) is 35.7 Å². The zero-order chi connectivity index (χ0) is 21.8. The molecular formula is C23H18N4O3S. The lowest BCUT2D eigenvalue weighted by Crippen LogP contribution is -2.46. The van der Waals surface area contributed by atoms with Crippen LogP contribution in [0.2, 0.25) is 0 Å². The highest BCUT2D eigenvalue weighted by molar-refractivity contribution is 7.14. The summed E-state index contributed by atoms with van der Waals surface area (Å²) >= 11 is 1.20. The van der Waals surface area contributed by atoms with Crippen molar-refractivity contribution in [2.75, 3.05) is 11.9 Å². The lowest BCUT2D eigenvalue weighted by atomic mass is 9.83. The van der Waals surface area contributed by atoms with Gasteiger partial charge in [0.15, 0.2) is 5.54 Å². The molecule has 7 nitrogen and oxygen atoms in total. The molecule has 1 atom stereocenters. The molecule has 4 amide bonds. The Labute approximate surface area is 182 Å². The summed E-state index contributed by atoms with van der Waals surface area (Å²) in [6.07, 6.45) is 0.254. The number of nitrogens with one attached hydrogen (secondary N) is 2. The van der Waals surface area contributed by atoms with E-state index in [-0.39, 0.29) is 6.42 Å². The van der Waals surface area contributed by atoms with E-state index in [9.17, 15) is 14.4 Å². The summed E-state index contributed by atoms with van der Waals surface area (Å²) in [7, 11) is 0. The Balaban J connectivity index is 1.61. The first-order valence-corrected chi connectivity index (χ1v) is 10.4. The first kappa shape index (κ1) is 20.3. The third kappa shape index (κ3) is 3.91. The first-order chi connectivity index (χ1) is 15.0. The van der Waals surface area contributed by atoms with Gasteiger partial charge in [-0.2, -0.15) is 5.26 Å². The van der Waals surface area contributed by atoms with E-state index in [2.05, 4.69) is 10.6 Å². The number of hydrogen-bond acceptors (Lipinski definition) is 5. The van der Waals surface area contributed by atoms with Gasteiger partial charge < -0.3 is 10.6 Å². The Kier molecular flexibility index (Phi) is 5.52. The van der Waals surface area contributed by atoms with E-state index in [4.69, 9.17) is 5.26 Å². The number of anilines is 1. The topological polar surface area (TPSA) is 102 Å². The predicted octanol–water partition coefficient (Wildman–Crippen LogP) is 3.25. The van der Waals surface area contributed by atoms with E-state index in [0.29, 0.717) is 16.1 Å². The highest BCUT2D eigenvalue weighted by Gasteiger charge is 2.52. The Morgan fingerprint density at radius 3 is 2.42 bits per heavy atom. The number of thiophene rings is 1. The van der Waals surface area contributed by atoms with Gasteiger partial charge in [0.1, 0.15) is 17.6 Å². The van der Waals surface area contributed by atoms with Crippen LogP contribution in [0.1, 0.15) is 16.7 Å². The van der Waals surface area contributed by atoms with Crippen LogP contribution in [0, 0.1) is 11.3 Å². The Bertz CT molecular complexity index is 1170. The smallest absolute Gasteiger partial charge is 0.319 e. The van der Waals surface area contributed by atoms with Crippen LogP contribution in [0.4, 0.5) is 9.80 Å². The SMILES string of the molecule is N#Cc1ccsc1NC(=O)CN1C(=O)N[C@](Cc2ccccc2)(c2ccccc2)C1=O. The number of amides is 4. The molecule has 2 N–H and O–H groups in total. The van der Waals surface area contributed by atoms with Crippen LogP contribution in [-0.4, -0.2) is 29.3 Å². The molecule has 1 saturated heterocycles. The monoisotopic (exact) mass is 430 g/mol. The number of imide groups is 1. The minimum Gasteiger partial charge on any atom is -0.319 e. The van der Waals surface area contributed by atoms with Gasteiger partial charge in [0, 0.05) is 6.42 Å². The van der Waals surface area contributed by atoms with Gasteiger partial charge in [0.05, 0.1) is 5.56 Å². The van der Waals surface area contributed by atoms with Crippen molar-refractivity contribution in [2.45, 2.75) is 12.0 Å². The van der Waals surface area contributed by atoms with Gasteiger partial charge >= 0.3 is 6.03 Å². The van der Waals surface area contributed by atoms with Crippen LogP contribution in [0.25, 0.3) is 0 Å². The fourth-order valence-corrected chi connectivity index (χ4v) is 4.37. The van der Waals surface area contributed by atoms with Gasteiger partial charge in [-0.3, -0.25) is 14.5 Å². The third-order valence-electron chi connectivity index (χ3n) is 5.09. The second-order valence-corrected chi connectivity index (χ2v) is 7.99.